The van der Waals surface area contributed by atoms with E-state index >= 15 is 0 Å². The van der Waals surface area contributed by atoms with E-state index in [0.29, 0.717) is 12.0 Å². The third-order valence-corrected chi connectivity index (χ3v) is 3.18. The molecule has 0 N–H and O–H groups in total. The van der Waals surface area contributed by atoms with E-state index in [-0.39, 0.29) is 13.1 Å². The molecule has 2 atom stereocenters. The molecule has 2 aliphatic rings. The van der Waals surface area contributed by atoms with Crippen molar-refractivity contribution < 1.29 is 14.3 Å². The van der Waals surface area contributed by atoms with Crippen LogP contribution in [0.15, 0.2) is 0 Å². The van der Waals surface area contributed by atoms with Crippen LogP contribution in [-0.4, -0.2) is 36.0 Å². The zero-order valence-electron chi connectivity index (χ0n) is 8.36. The van der Waals surface area contributed by atoms with Crippen molar-refractivity contribution in [3.8, 4) is 0 Å². The summed E-state index contributed by atoms with van der Waals surface area (Å²) in [5.41, 5.74) is 0. The second kappa shape index (κ2) is 3.69. The van der Waals surface area contributed by atoms with Gasteiger partial charge in [-0.25, -0.2) is 0 Å². The number of hydrogen-bond donors (Lipinski definition) is 0. The maximum Gasteiger partial charge on any atom is 0.327 e. The number of ether oxygens (including phenoxy) is 1. The summed E-state index contributed by atoms with van der Waals surface area (Å²) < 4.78 is 4.49. The van der Waals surface area contributed by atoms with Crippen molar-refractivity contribution in [1.82, 2.24) is 4.90 Å². The Labute approximate surface area is 83.2 Å². The molecule has 1 heterocycles. The van der Waals surface area contributed by atoms with Gasteiger partial charge in [-0.15, -0.1) is 0 Å². The molecule has 78 valence electrons. The Balaban J connectivity index is 2.02. The molecule has 0 bridgehead atoms. The Morgan fingerprint density at radius 1 is 1.21 bits per heavy atom. The van der Waals surface area contributed by atoms with Gasteiger partial charge in [0, 0.05) is 6.04 Å². The SMILES string of the molecule is CC1CCCC1N1CC(=O)OC(=O)C1. The van der Waals surface area contributed by atoms with E-state index < -0.39 is 11.9 Å². The van der Waals surface area contributed by atoms with E-state index in [1.54, 1.807) is 0 Å². The van der Waals surface area contributed by atoms with E-state index in [4.69, 9.17) is 0 Å². The van der Waals surface area contributed by atoms with Gasteiger partial charge < -0.3 is 4.74 Å². The highest BCUT2D eigenvalue weighted by molar-refractivity contribution is 5.90. The molecule has 2 unspecified atom stereocenters. The van der Waals surface area contributed by atoms with Gasteiger partial charge in [0.1, 0.15) is 0 Å². The highest BCUT2D eigenvalue weighted by Crippen LogP contribution is 2.29. The number of hydrogen-bond acceptors (Lipinski definition) is 4. The predicted molar refractivity (Wildman–Crippen MR) is 49.5 cm³/mol. The number of esters is 2. The van der Waals surface area contributed by atoms with E-state index in [1.807, 2.05) is 4.90 Å². The molecular formula is C10H15NO3. The summed E-state index contributed by atoms with van der Waals surface area (Å²) >= 11 is 0. The van der Waals surface area contributed by atoms with Crippen LogP contribution in [0.3, 0.4) is 0 Å². The Morgan fingerprint density at radius 2 is 1.86 bits per heavy atom. The standard InChI is InChI=1S/C10H15NO3/c1-7-3-2-4-8(7)11-5-9(12)14-10(13)6-11/h7-8H,2-6H2,1H3. The molecule has 1 aliphatic carbocycles. The minimum Gasteiger partial charge on any atom is -0.391 e. The van der Waals surface area contributed by atoms with Crippen LogP contribution in [0.25, 0.3) is 0 Å². The number of morpholine rings is 1. The van der Waals surface area contributed by atoms with Gasteiger partial charge in [-0.1, -0.05) is 13.3 Å². The van der Waals surface area contributed by atoms with Gasteiger partial charge in [0.05, 0.1) is 13.1 Å². The lowest BCUT2D eigenvalue weighted by Gasteiger charge is -2.32. The Morgan fingerprint density at radius 3 is 2.36 bits per heavy atom. The molecule has 0 aromatic heterocycles. The molecule has 1 aliphatic heterocycles. The molecule has 0 amide bonds. The lowest BCUT2D eigenvalue weighted by atomic mass is 10.0. The lowest BCUT2D eigenvalue weighted by Crippen LogP contribution is -2.49. The van der Waals surface area contributed by atoms with Crippen molar-refractivity contribution in [1.29, 1.82) is 0 Å². The Bertz CT molecular complexity index is 248. The van der Waals surface area contributed by atoms with E-state index in [9.17, 15) is 9.59 Å². The molecule has 2 rings (SSSR count). The zero-order valence-corrected chi connectivity index (χ0v) is 8.36. The summed E-state index contributed by atoms with van der Waals surface area (Å²) in [6.07, 6.45) is 3.50. The summed E-state index contributed by atoms with van der Waals surface area (Å²) in [5.74, 6) is -0.214. The molecular weight excluding hydrogens is 182 g/mol. The summed E-state index contributed by atoms with van der Waals surface area (Å²) in [6.45, 7) is 2.74. The first-order chi connectivity index (χ1) is 6.66. The van der Waals surface area contributed by atoms with Gasteiger partial charge in [-0.3, -0.25) is 14.5 Å². The first-order valence-electron chi connectivity index (χ1n) is 5.14. The van der Waals surface area contributed by atoms with Crippen LogP contribution in [0.2, 0.25) is 0 Å². The molecule has 0 spiro atoms. The Hall–Kier alpha value is -0.900. The van der Waals surface area contributed by atoms with Gasteiger partial charge in [0.25, 0.3) is 0 Å². The largest absolute Gasteiger partial charge is 0.391 e. The zero-order chi connectivity index (χ0) is 10.1. The van der Waals surface area contributed by atoms with Crippen LogP contribution in [-0.2, 0) is 14.3 Å². The highest BCUT2D eigenvalue weighted by Gasteiger charge is 2.35. The topological polar surface area (TPSA) is 46.6 Å². The molecule has 0 aromatic rings. The molecule has 0 aromatic carbocycles. The third-order valence-electron chi connectivity index (χ3n) is 3.18. The molecule has 4 heteroatoms. The number of rotatable bonds is 1. The predicted octanol–water partition coefficient (Wildman–Crippen LogP) is 0.560. The number of cyclic esters (lactones) is 2. The van der Waals surface area contributed by atoms with E-state index in [1.165, 1.54) is 12.8 Å². The van der Waals surface area contributed by atoms with Crippen LogP contribution in [0.5, 0.6) is 0 Å². The summed E-state index contributed by atoms with van der Waals surface area (Å²) in [5, 5.41) is 0. The van der Waals surface area contributed by atoms with Crippen LogP contribution in [0.4, 0.5) is 0 Å². The minimum absolute atomic E-state index is 0.279. The number of nitrogens with zero attached hydrogens (tertiary/aromatic N) is 1. The first kappa shape index (κ1) is 9.65. The van der Waals surface area contributed by atoms with Gasteiger partial charge in [0.2, 0.25) is 0 Å². The van der Waals surface area contributed by atoms with Crippen LogP contribution >= 0.6 is 0 Å². The summed E-state index contributed by atoms with van der Waals surface area (Å²) in [7, 11) is 0. The van der Waals surface area contributed by atoms with E-state index in [2.05, 4.69) is 11.7 Å². The van der Waals surface area contributed by atoms with Crippen molar-refractivity contribution in [3.63, 3.8) is 0 Å². The van der Waals surface area contributed by atoms with Gasteiger partial charge >= 0.3 is 11.9 Å². The lowest BCUT2D eigenvalue weighted by molar-refractivity contribution is -0.168. The van der Waals surface area contributed by atoms with Crippen LogP contribution < -0.4 is 0 Å². The van der Waals surface area contributed by atoms with E-state index in [0.717, 1.165) is 6.42 Å². The smallest absolute Gasteiger partial charge is 0.327 e. The molecule has 14 heavy (non-hydrogen) atoms. The number of carbonyl (C=O) groups excluding carboxylic acids is 2. The fourth-order valence-corrected chi connectivity index (χ4v) is 2.48. The minimum atomic E-state index is -0.402. The average molecular weight is 197 g/mol. The molecule has 1 saturated heterocycles. The second-order valence-electron chi connectivity index (χ2n) is 4.23. The average Bonchev–Trinajstić information content (AvgIpc) is 2.49. The monoisotopic (exact) mass is 197 g/mol. The maximum absolute atomic E-state index is 11.1. The summed E-state index contributed by atoms with van der Waals surface area (Å²) in [4.78, 5) is 24.1. The van der Waals surface area contributed by atoms with Gasteiger partial charge in [-0.05, 0) is 18.8 Å². The van der Waals surface area contributed by atoms with Gasteiger partial charge in [0.15, 0.2) is 0 Å². The van der Waals surface area contributed by atoms with Crippen molar-refractivity contribution in [3.05, 3.63) is 0 Å². The second-order valence-corrected chi connectivity index (χ2v) is 4.23. The van der Waals surface area contributed by atoms with Crippen molar-refractivity contribution in [2.75, 3.05) is 13.1 Å². The number of carbonyl (C=O) groups is 2. The van der Waals surface area contributed by atoms with Crippen LogP contribution in [0.1, 0.15) is 26.2 Å². The van der Waals surface area contributed by atoms with Crippen molar-refractivity contribution in [2.24, 2.45) is 5.92 Å². The highest BCUT2D eigenvalue weighted by atomic mass is 16.6. The van der Waals surface area contributed by atoms with Crippen molar-refractivity contribution in [2.45, 2.75) is 32.2 Å². The molecule has 4 nitrogen and oxygen atoms in total. The quantitative estimate of drug-likeness (QED) is 0.455. The van der Waals surface area contributed by atoms with Gasteiger partial charge in [-0.2, -0.15) is 0 Å². The summed E-state index contributed by atoms with van der Waals surface area (Å²) in [6, 6.07) is 0.395. The first-order valence-corrected chi connectivity index (χ1v) is 5.14. The van der Waals surface area contributed by atoms with Crippen LogP contribution in [0, 0.1) is 5.92 Å². The fraction of sp³-hybridized carbons (Fsp3) is 0.800. The normalized spacial score (nSPS) is 34.6. The van der Waals surface area contributed by atoms with Crippen molar-refractivity contribution >= 4 is 11.9 Å². The molecule has 1 saturated carbocycles. The fourth-order valence-electron chi connectivity index (χ4n) is 2.48. The third kappa shape index (κ3) is 1.80. The molecule has 0 radical (unpaired) electrons. The molecule has 2 fully saturated rings. The maximum atomic E-state index is 11.1. The Kier molecular flexibility index (Phi) is 2.54.